The monoisotopic (exact) mass is 370 g/mol. The number of thiocarbonyl (C=S) groups is 1. The molecule has 0 aliphatic carbocycles. The first kappa shape index (κ1) is 17.0. The number of halogens is 1. The minimum atomic E-state index is -0.704. The standard InChI is InChI=1S/C18H11ClN2O3S/c19-12-6-8-13(9-7-12)21-17(24)14(16(23)20-18(21)25)10-15(22)11-4-2-1-3-5-11/h1-10H,(H,20,23,25). The third-order valence-electron chi connectivity index (χ3n) is 3.52. The van der Waals surface area contributed by atoms with Gasteiger partial charge < -0.3 is 0 Å². The Hall–Kier alpha value is -2.83. The van der Waals surface area contributed by atoms with Crippen LogP contribution >= 0.6 is 23.8 Å². The molecule has 2 aromatic rings. The number of benzene rings is 2. The Kier molecular flexibility index (Phi) is 4.74. The highest BCUT2D eigenvalue weighted by molar-refractivity contribution is 7.80. The molecular weight excluding hydrogens is 360 g/mol. The molecule has 0 radical (unpaired) electrons. The van der Waals surface area contributed by atoms with Crippen LogP contribution in [0.4, 0.5) is 5.69 Å². The van der Waals surface area contributed by atoms with E-state index in [4.69, 9.17) is 23.8 Å². The number of carbonyl (C=O) groups excluding carboxylic acids is 3. The van der Waals surface area contributed by atoms with Crippen LogP contribution in [0.5, 0.6) is 0 Å². The highest BCUT2D eigenvalue weighted by atomic mass is 35.5. The Morgan fingerprint density at radius 2 is 1.68 bits per heavy atom. The number of ketones is 1. The molecule has 0 saturated carbocycles. The summed E-state index contributed by atoms with van der Waals surface area (Å²) in [6, 6.07) is 14.8. The van der Waals surface area contributed by atoms with E-state index >= 15 is 0 Å². The molecule has 2 aromatic carbocycles. The van der Waals surface area contributed by atoms with E-state index in [-0.39, 0.29) is 10.7 Å². The lowest BCUT2D eigenvalue weighted by molar-refractivity contribution is -0.122. The summed E-state index contributed by atoms with van der Waals surface area (Å²) in [6.45, 7) is 0. The van der Waals surface area contributed by atoms with Gasteiger partial charge in [-0.2, -0.15) is 0 Å². The summed E-state index contributed by atoms with van der Waals surface area (Å²) in [5.41, 5.74) is 0.539. The van der Waals surface area contributed by atoms with Gasteiger partial charge in [-0.3, -0.25) is 24.6 Å². The Morgan fingerprint density at radius 3 is 2.32 bits per heavy atom. The molecule has 1 N–H and O–H groups in total. The quantitative estimate of drug-likeness (QED) is 0.390. The van der Waals surface area contributed by atoms with Gasteiger partial charge >= 0.3 is 0 Å². The molecule has 25 heavy (non-hydrogen) atoms. The predicted molar refractivity (Wildman–Crippen MR) is 98.5 cm³/mol. The van der Waals surface area contributed by atoms with Gasteiger partial charge in [0, 0.05) is 16.7 Å². The molecule has 0 atom stereocenters. The molecule has 0 aromatic heterocycles. The summed E-state index contributed by atoms with van der Waals surface area (Å²) >= 11 is 10.9. The van der Waals surface area contributed by atoms with Gasteiger partial charge in [0.1, 0.15) is 5.57 Å². The zero-order valence-corrected chi connectivity index (χ0v) is 14.3. The lowest BCUT2D eigenvalue weighted by atomic mass is 10.1. The van der Waals surface area contributed by atoms with Crippen molar-refractivity contribution in [1.82, 2.24) is 5.32 Å². The van der Waals surface area contributed by atoms with Gasteiger partial charge in [-0.15, -0.1) is 0 Å². The van der Waals surface area contributed by atoms with Gasteiger partial charge in [0.25, 0.3) is 11.8 Å². The Bertz CT molecular complexity index is 908. The number of hydrogen-bond donors (Lipinski definition) is 1. The maximum atomic E-state index is 12.7. The van der Waals surface area contributed by atoms with Crippen molar-refractivity contribution in [3.63, 3.8) is 0 Å². The van der Waals surface area contributed by atoms with Gasteiger partial charge in [0.15, 0.2) is 10.9 Å². The number of hydrogen-bond acceptors (Lipinski definition) is 4. The van der Waals surface area contributed by atoms with Crippen LogP contribution in [0.15, 0.2) is 66.2 Å². The van der Waals surface area contributed by atoms with Crippen molar-refractivity contribution >= 4 is 52.2 Å². The van der Waals surface area contributed by atoms with Crippen molar-refractivity contribution in [2.45, 2.75) is 0 Å². The molecule has 5 nitrogen and oxygen atoms in total. The van der Waals surface area contributed by atoms with Crippen LogP contribution in [0.1, 0.15) is 10.4 Å². The molecule has 1 saturated heterocycles. The van der Waals surface area contributed by atoms with Gasteiger partial charge in [-0.1, -0.05) is 41.9 Å². The molecule has 2 amide bonds. The van der Waals surface area contributed by atoms with Crippen molar-refractivity contribution in [3.05, 3.63) is 76.8 Å². The molecule has 0 unspecified atom stereocenters. The molecule has 3 rings (SSSR count). The van der Waals surface area contributed by atoms with E-state index in [1.165, 1.54) is 0 Å². The molecule has 1 aliphatic rings. The third kappa shape index (κ3) is 3.50. The molecule has 0 spiro atoms. The maximum absolute atomic E-state index is 12.7. The summed E-state index contributed by atoms with van der Waals surface area (Å²) in [7, 11) is 0. The zero-order chi connectivity index (χ0) is 18.0. The van der Waals surface area contributed by atoms with E-state index < -0.39 is 17.6 Å². The molecule has 1 fully saturated rings. The van der Waals surface area contributed by atoms with Crippen molar-refractivity contribution in [2.75, 3.05) is 4.90 Å². The van der Waals surface area contributed by atoms with E-state index in [0.29, 0.717) is 16.3 Å². The second-order valence-electron chi connectivity index (χ2n) is 5.16. The fraction of sp³-hybridized carbons (Fsp3) is 0. The normalized spacial score (nSPS) is 16.1. The van der Waals surface area contributed by atoms with Crippen molar-refractivity contribution in [2.24, 2.45) is 0 Å². The van der Waals surface area contributed by atoms with Crippen LogP contribution in [0.2, 0.25) is 5.02 Å². The minimum Gasteiger partial charge on any atom is -0.298 e. The number of carbonyl (C=O) groups is 3. The number of nitrogens with zero attached hydrogens (tertiary/aromatic N) is 1. The highest BCUT2D eigenvalue weighted by Crippen LogP contribution is 2.22. The number of amides is 2. The van der Waals surface area contributed by atoms with Gasteiger partial charge in [0.2, 0.25) is 0 Å². The largest absolute Gasteiger partial charge is 0.298 e. The smallest absolute Gasteiger partial charge is 0.270 e. The number of rotatable bonds is 3. The first-order valence-corrected chi connectivity index (χ1v) is 8.02. The molecule has 0 bridgehead atoms. The fourth-order valence-electron chi connectivity index (χ4n) is 2.30. The van der Waals surface area contributed by atoms with E-state index in [0.717, 1.165) is 11.0 Å². The molecule has 1 aliphatic heterocycles. The van der Waals surface area contributed by atoms with Crippen LogP contribution in [0.3, 0.4) is 0 Å². The summed E-state index contributed by atoms with van der Waals surface area (Å²) in [4.78, 5) is 38.3. The fourth-order valence-corrected chi connectivity index (χ4v) is 2.71. The Morgan fingerprint density at radius 1 is 1.04 bits per heavy atom. The first-order chi connectivity index (χ1) is 12.0. The molecule has 1 heterocycles. The topological polar surface area (TPSA) is 66.5 Å². The lowest BCUT2D eigenvalue weighted by Crippen LogP contribution is -2.54. The summed E-state index contributed by atoms with van der Waals surface area (Å²) in [6.07, 6.45) is 1.03. The maximum Gasteiger partial charge on any atom is 0.270 e. The summed E-state index contributed by atoms with van der Waals surface area (Å²) < 4.78 is 0. The van der Waals surface area contributed by atoms with E-state index in [1.807, 2.05) is 0 Å². The van der Waals surface area contributed by atoms with Crippen LogP contribution in [-0.2, 0) is 9.59 Å². The van der Waals surface area contributed by atoms with E-state index in [9.17, 15) is 14.4 Å². The number of allylic oxidation sites excluding steroid dienone is 1. The lowest BCUT2D eigenvalue weighted by Gasteiger charge is -2.28. The van der Waals surface area contributed by atoms with Crippen molar-refractivity contribution in [3.8, 4) is 0 Å². The van der Waals surface area contributed by atoms with Crippen LogP contribution in [-0.4, -0.2) is 22.7 Å². The minimum absolute atomic E-state index is 0.0540. The van der Waals surface area contributed by atoms with Crippen LogP contribution in [0.25, 0.3) is 0 Å². The SMILES string of the molecule is O=C1NC(=S)N(c2ccc(Cl)cc2)C(=O)C1=CC(=O)c1ccccc1. The summed E-state index contributed by atoms with van der Waals surface area (Å²) in [5.74, 6) is -1.81. The molecule has 124 valence electrons. The van der Waals surface area contributed by atoms with Crippen molar-refractivity contribution in [1.29, 1.82) is 0 Å². The number of nitrogens with one attached hydrogen (secondary N) is 1. The predicted octanol–water partition coefficient (Wildman–Crippen LogP) is 2.90. The van der Waals surface area contributed by atoms with Crippen LogP contribution < -0.4 is 10.2 Å². The molecular formula is C18H11ClN2O3S. The number of anilines is 1. The Labute approximate surface area is 153 Å². The second kappa shape index (κ2) is 6.96. The van der Waals surface area contributed by atoms with Crippen LogP contribution in [0, 0.1) is 0 Å². The second-order valence-corrected chi connectivity index (χ2v) is 5.99. The average Bonchev–Trinajstić information content (AvgIpc) is 2.60. The first-order valence-electron chi connectivity index (χ1n) is 7.24. The van der Waals surface area contributed by atoms with Crippen molar-refractivity contribution < 1.29 is 14.4 Å². The average molecular weight is 371 g/mol. The molecule has 7 heteroatoms. The van der Waals surface area contributed by atoms with Gasteiger partial charge in [-0.05, 0) is 36.5 Å². The zero-order valence-electron chi connectivity index (χ0n) is 12.7. The van der Waals surface area contributed by atoms with E-state index in [1.54, 1.807) is 54.6 Å². The van der Waals surface area contributed by atoms with Gasteiger partial charge in [-0.25, -0.2) is 0 Å². The highest BCUT2D eigenvalue weighted by Gasteiger charge is 2.35. The van der Waals surface area contributed by atoms with E-state index in [2.05, 4.69) is 5.32 Å². The van der Waals surface area contributed by atoms with Gasteiger partial charge in [0.05, 0.1) is 5.69 Å². The summed E-state index contributed by atoms with van der Waals surface area (Å²) in [5, 5.41) is 2.87. The third-order valence-corrected chi connectivity index (χ3v) is 4.06. The Balaban J connectivity index is 1.97.